The van der Waals surface area contributed by atoms with Gasteiger partial charge in [0.2, 0.25) is 11.8 Å². The molecule has 10 heteroatoms. The van der Waals surface area contributed by atoms with E-state index in [2.05, 4.69) is 19.2 Å². The first-order chi connectivity index (χ1) is 17.3. The van der Waals surface area contributed by atoms with Crippen LogP contribution in [0.4, 0.5) is 4.79 Å². The number of carbonyl (C=O) groups excluding carboxylic acids is 3. The molecule has 2 saturated heterocycles. The number of hydrogen-bond acceptors (Lipinski definition) is 5. The predicted octanol–water partition coefficient (Wildman–Crippen LogP) is 4.86. The summed E-state index contributed by atoms with van der Waals surface area (Å²) < 4.78 is 5.43. The molecule has 37 heavy (non-hydrogen) atoms. The number of carbonyl (C=O) groups is 3. The van der Waals surface area contributed by atoms with Gasteiger partial charge < -0.3 is 24.8 Å². The van der Waals surface area contributed by atoms with Gasteiger partial charge in [-0.15, -0.1) is 23.2 Å². The summed E-state index contributed by atoms with van der Waals surface area (Å²) in [7, 11) is 0. The maximum atomic E-state index is 12.2. The molecule has 2 unspecified atom stereocenters. The van der Waals surface area contributed by atoms with Crippen molar-refractivity contribution in [3.05, 3.63) is 0 Å². The van der Waals surface area contributed by atoms with E-state index in [0.29, 0.717) is 19.1 Å². The zero-order chi connectivity index (χ0) is 28.2. The Morgan fingerprint density at radius 3 is 1.84 bits per heavy atom. The molecule has 2 atom stereocenters. The highest BCUT2D eigenvalue weighted by atomic mass is 35.5. The topological polar surface area (TPSA) is 82.2 Å². The fourth-order valence-corrected chi connectivity index (χ4v) is 5.39. The minimum Gasteiger partial charge on any atom is -0.444 e. The molecule has 0 aromatic rings. The molecule has 0 spiro atoms. The normalized spacial score (nSPS) is 20.9. The summed E-state index contributed by atoms with van der Waals surface area (Å²) in [6.07, 6.45) is 5.52. The van der Waals surface area contributed by atoms with Gasteiger partial charge in [-0.05, 0) is 100 Å². The molecule has 2 rings (SSSR count). The SMILES string of the molecule is CC(C)N(C(=O)CCl)C1CCCN(C(=O)OC(C)(C)C)CC1.CC(C)N(C(=O)CCl)C1CCCNCC1. The maximum absolute atomic E-state index is 12.2. The number of rotatable bonds is 6. The third-order valence-corrected chi connectivity index (χ3v) is 7.06. The molecule has 0 aromatic heterocycles. The van der Waals surface area contributed by atoms with E-state index in [1.54, 1.807) is 4.90 Å². The summed E-state index contributed by atoms with van der Waals surface area (Å²) in [6, 6.07) is 0.869. The minimum atomic E-state index is -0.485. The Balaban J connectivity index is 0.000000397. The van der Waals surface area contributed by atoms with Gasteiger partial charge in [-0.25, -0.2) is 4.79 Å². The second-order valence-corrected chi connectivity index (χ2v) is 12.0. The average Bonchev–Trinajstić information content (AvgIpc) is 3.21. The Morgan fingerprint density at radius 2 is 1.35 bits per heavy atom. The third kappa shape index (κ3) is 12.0. The van der Waals surface area contributed by atoms with Gasteiger partial charge in [0.1, 0.15) is 17.4 Å². The second-order valence-electron chi connectivity index (χ2n) is 11.4. The predicted molar refractivity (Wildman–Crippen MR) is 151 cm³/mol. The smallest absolute Gasteiger partial charge is 0.410 e. The molecule has 2 fully saturated rings. The van der Waals surface area contributed by atoms with E-state index in [4.69, 9.17) is 27.9 Å². The number of nitrogens with one attached hydrogen (secondary N) is 1. The van der Waals surface area contributed by atoms with Crippen molar-refractivity contribution < 1.29 is 19.1 Å². The summed E-state index contributed by atoms with van der Waals surface area (Å²) in [5.41, 5.74) is -0.485. The van der Waals surface area contributed by atoms with Crippen LogP contribution in [-0.2, 0) is 14.3 Å². The molecular formula is C27H50Cl2N4O4. The van der Waals surface area contributed by atoms with Crippen LogP contribution >= 0.6 is 23.2 Å². The molecule has 2 heterocycles. The Hall–Kier alpha value is -1.25. The number of amides is 3. The second kappa shape index (κ2) is 16.7. The zero-order valence-corrected chi connectivity index (χ0v) is 25.5. The molecule has 0 aromatic carbocycles. The summed E-state index contributed by atoms with van der Waals surface area (Å²) in [5.74, 6) is 0.137. The third-order valence-electron chi connectivity index (χ3n) is 6.60. The summed E-state index contributed by atoms with van der Waals surface area (Å²) in [4.78, 5) is 41.5. The summed E-state index contributed by atoms with van der Waals surface area (Å²) in [6.45, 7) is 17.1. The first-order valence-electron chi connectivity index (χ1n) is 13.7. The van der Waals surface area contributed by atoms with Crippen LogP contribution in [0.3, 0.4) is 0 Å². The molecule has 0 bridgehead atoms. The van der Waals surface area contributed by atoms with Gasteiger partial charge in [0.05, 0.1) is 0 Å². The number of hydrogen-bond donors (Lipinski definition) is 1. The van der Waals surface area contributed by atoms with E-state index in [1.165, 1.54) is 0 Å². The monoisotopic (exact) mass is 564 g/mol. The van der Waals surface area contributed by atoms with Crippen LogP contribution in [0.1, 0.15) is 87.0 Å². The van der Waals surface area contributed by atoms with Crippen LogP contribution in [0.2, 0.25) is 0 Å². The van der Waals surface area contributed by atoms with Crippen molar-refractivity contribution in [3.63, 3.8) is 0 Å². The lowest BCUT2D eigenvalue weighted by atomic mass is 10.1. The molecule has 3 amide bonds. The lowest BCUT2D eigenvalue weighted by molar-refractivity contribution is -0.133. The Bertz CT molecular complexity index is 707. The molecule has 8 nitrogen and oxygen atoms in total. The van der Waals surface area contributed by atoms with Crippen LogP contribution in [0.5, 0.6) is 0 Å². The van der Waals surface area contributed by atoms with Gasteiger partial charge in [0.25, 0.3) is 0 Å². The standard InChI is InChI=1S/C16H29ClN2O3.C11H21ClN2O/c1-12(2)19(14(20)11-17)13-7-6-9-18(10-8-13)15(21)22-16(3,4)5;1-9(2)14(11(15)8-12)10-4-3-6-13-7-5-10/h12-13H,6-11H2,1-5H3;9-10,13H,3-8H2,1-2H3. The number of halogens is 2. The molecule has 0 radical (unpaired) electrons. The molecule has 0 aliphatic carbocycles. The van der Waals surface area contributed by atoms with Gasteiger partial charge >= 0.3 is 6.09 Å². The molecule has 2 aliphatic heterocycles. The minimum absolute atomic E-state index is 0.00442. The lowest BCUT2D eigenvalue weighted by Crippen LogP contribution is -2.46. The number of alkyl halides is 2. The number of likely N-dealkylation sites (tertiary alicyclic amines) is 1. The van der Waals surface area contributed by atoms with Crippen LogP contribution in [0.15, 0.2) is 0 Å². The van der Waals surface area contributed by atoms with Gasteiger partial charge in [0, 0.05) is 37.3 Å². The molecule has 2 aliphatic rings. The van der Waals surface area contributed by atoms with E-state index in [1.807, 2.05) is 44.4 Å². The van der Waals surface area contributed by atoms with Crippen molar-refractivity contribution >= 4 is 41.1 Å². The Morgan fingerprint density at radius 1 is 0.838 bits per heavy atom. The van der Waals surface area contributed by atoms with Crippen molar-refractivity contribution in [1.29, 1.82) is 0 Å². The highest BCUT2D eigenvalue weighted by Crippen LogP contribution is 2.21. The van der Waals surface area contributed by atoms with Crippen LogP contribution in [0, 0.1) is 0 Å². The highest BCUT2D eigenvalue weighted by molar-refractivity contribution is 6.27. The van der Waals surface area contributed by atoms with Crippen molar-refractivity contribution in [2.75, 3.05) is 37.9 Å². The summed E-state index contributed by atoms with van der Waals surface area (Å²) in [5, 5.41) is 3.36. The van der Waals surface area contributed by atoms with Gasteiger partial charge in [-0.2, -0.15) is 0 Å². The van der Waals surface area contributed by atoms with Gasteiger partial charge in [-0.1, -0.05) is 0 Å². The Kier molecular flexibility index (Phi) is 15.2. The van der Waals surface area contributed by atoms with Crippen LogP contribution in [0.25, 0.3) is 0 Å². The fourth-order valence-electron chi connectivity index (χ4n) is 5.11. The molecule has 216 valence electrons. The Labute approximate surface area is 234 Å². The van der Waals surface area contributed by atoms with E-state index < -0.39 is 5.60 Å². The van der Waals surface area contributed by atoms with Gasteiger partial charge in [0.15, 0.2) is 0 Å². The maximum Gasteiger partial charge on any atom is 0.410 e. The zero-order valence-electron chi connectivity index (χ0n) is 24.0. The lowest BCUT2D eigenvalue weighted by Gasteiger charge is -2.34. The number of ether oxygens (including phenoxy) is 1. The largest absolute Gasteiger partial charge is 0.444 e. The molecular weight excluding hydrogens is 515 g/mol. The van der Waals surface area contributed by atoms with Crippen molar-refractivity contribution in [1.82, 2.24) is 20.0 Å². The first-order valence-corrected chi connectivity index (χ1v) is 14.8. The van der Waals surface area contributed by atoms with Crippen molar-refractivity contribution in [2.24, 2.45) is 0 Å². The van der Waals surface area contributed by atoms with Crippen molar-refractivity contribution in [3.8, 4) is 0 Å². The molecule has 0 saturated carbocycles. The van der Waals surface area contributed by atoms with Crippen LogP contribution in [-0.4, -0.2) is 100 Å². The van der Waals surface area contributed by atoms with E-state index in [9.17, 15) is 14.4 Å². The number of nitrogens with zero attached hydrogens (tertiary/aromatic N) is 3. The summed E-state index contributed by atoms with van der Waals surface area (Å²) >= 11 is 11.4. The quantitative estimate of drug-likeness (QED) is 0.466. The van der Waals surface area contributed by atoms with Crippen molar-refractivity contribution in [2.45, 2.75) is 117 Å². The average molecular weight is 566 g/mol. The van der Waals surface area contributed by atoms with E-state index >= 15 is 0 Å². The van der Waals surface area contributed by atoms with Crippen LogP contribution < -0.4 is 5.32 Å². The van der Waals surface area contributed by atoms with Gasteiger partial charge in [-0.3, -0.25) is 9.59 Å². The fraction of sp³-hybridized carbons (Fsp3) is 0.889. The van der Waals surface area contributed by atoms with E-state index in [-0.39, 0.29) is 47.8 Å². The first kappa shape index (κ1) is 33.8. The molecule has 1 N–H and O–H groups in total. The highest BCUT2D eigenvalue weighted by Gasteiger charge is 2.30. The van der Waals surface area contributed by atoms with E-state index in [0.717, 1.165) is 51.6 Å².